The molecular formula is C17H41O2Si3. The standard InChI is InChI=1S/C17H41O2Si3/c1-9-10-11-12-13-14-15-16-17-21(5,6)19-22(7,8)18-20(2,3)4/h1,9-17H2,2-8H3. The van der Waals surface area contributed by atoms with Crippen LogP contribution in [0.15, 0.2) is 0 Å². The Kier molecular flexibility index (Phi) is 10.7. The predicted molar refractivity (Wildman–Crippen MR) is 108 cm³/mol. The lowest BCUT2D eigenvalue weighted by Gasteiger charge is -2.37. The molecule has 0 saturated heterocycles. The van der Waals surface area contributed by atoms with E-state index >= 15 is 0 Å². The molecule has 0 heterocycles. The summed E-state index contributed by atoms with van der Waals surface area (Å²) in [5.74, 6) is 0. The Morgan fingerprint density at radius 1 is 0.636 bits per heavy atom. The van der Waals surface area contributed by atoms with Crippen molar-refractivity contribution in [3.8, 4) is 0 Å². The highest BCUT2D eigenvalue weighted by Gasteiger charge is 2.37. The first kappa shape index (κ1) is 22.6. The van der Waals surface area contributed by atoms with Gasteiger partial charge in [-0.05, 0) is 51.9 Å². The van der Waals surface area contributed by atoms with Crippen LogP contribution >= 0.6 is 0 Å². The Morgan fingerprint density at radius 3 is 1.55 bits per heavy atom. The number of rotatable bonds is 13. The zero-order chi connectivity index (χ0) is 17.3. The van der Waals surface area contributed by atoms with Gasteiger partial charge in [0.05, 0.1) is 0 Å². The first-order valence-corrected chi connectivity index (χ1v) is 18.5. The second-order valence-electron chi connectivity index (χ2n) is 8.55. The van der Waals surface area contributed by atoms with Crippen molar-refractivity contribution < 1.29 is 8.23 Å². The van der Waals surface area contributed by atoms with E-state index in [0.29, 0.717) is 0 Å². The van der Waals surface area contributed by atoms with Gasteiger partial charge in [-0.15, -0.1) is 0 Å². The summed E-state index contributed by atoms with van der Waals surface area (Å²) in [4.78, 5) is 0. The molecule has 0 spiro atoms. The molecule has 0 aromatic rings. The van der Waals surface area contributed by atoms with Gasteiger partial charge < -0.3 is 8.23 Å². The van der Waals surface area contributed by atoms with E-state index in [1.807, 2.05) is 0 Å². The molecule has 0 atom stereocenters. The Morgan fingerprint density at radius 2 is 1.09 bits per heavy atom. The SMILES string of the molecule is [CH2]CCCCCCCCC[Si](C)(C)O[Si](C)(C)O[Si](C)(C)C. The van der Waals surface area contributed by atoms with Crippen molar-refractivity contribution >= 4 is 25.2 Å². The highest BCUT2D eigenvalue weighted by atomic mass is 28.5. The van der Waals surface area contributed by atoms with Crippen LogP contribution in [-0.2, 0) is 8.23 Å². The predicted octanol–water partition coefficient (Wildman–Crippen LogP) is 6.72. The average molecular weight is 362 g/mol. The molecule has 0 amide bonds. The smallest absolute Gasteiger partial charge is 0.311 e. The van der Waals surface area contributed by atoms with Gasteiger partial charge in [0.15, 0.2) is 16.6 Å². The zero-order valence-electron chi connectivity index (χ0n) is 16.4. The molecule has 0 bridgehead atoms. The molecule has 2 nitrogen and oxygen atoms in total. The van der Waals surface area contributed by atoms with Crippen LogP contribution in [-0.4, -0.2) is 25.2 Å². The maximum absolute atomic E-state index is 6.54. The number of hydrogen-bond donors (Lipinski definition) is 0. The van der Waals surface area contributed by atoms with Crippen molar-refractivity contribution in [2.24, 2.45) is 0 Å². The molecule has 0 aliphatic rings. The van der Waals surface area contributed by atoms with E-state index in [2.05, 4.69) is 52.8 Å². The Balaban J connectivity index is 3.90. The lowest BCUT2D eigenvalue weighted by Crippen LogP contribution is -2.51. The molecule has 5 heteroatoms. The van der Waals surface area contributed by atoms with E-state index in [9.17, 15) is 0 Å². The van der Waals surface area contributed by atoms with E-state index in [1.54, 1.807) is 0 Å². The van der Waals surface area contributed by atoms with Crippen LogP contribution in [0.1, 0.15) is 51.4 Å². The van der Waals surface area contributed by atoms with Gasteiger partial charge in [0.25, 0.3) is 0 Å². The molecule has 0 aromatic heterocycles. The molecule has 22 heavy (non-hydrogen) atoms. The van der Waals surface area contributed by atoms with Crippen molar-refractivity contribution in [3.05, 3.63) is 6.92 Å². The van der Waals surface area contributed by atoms with E-state index in [4.69, 9.17) is 8.23 Å². The summed E-state index contributed by atoms with van der Waals surface area (Å²) in [5.41, 5.74) is 0. The highest BCUT2D eigenvalue weighted by molar-refractivity contribution is 6.87. The van der Waals surface area contributed by atoms with Crippen LogP contribution in [0.5, 0.6) is 0 Å². The summed E-state index contributed by atoms with van der Waals surface area (Å²) >= 11 is 0. The van der Waals surface area contributed by atoms with Gasteiger partial charge in [-0.3, -0.25) is 0 Å². The van der Waals surface area contributed by atoms with Crippen LogP contribution in [0.2, 0.25) is 51.9 Å². The van der Waals surface area contributed by atoms with Crippen molar-refractivity contribution in [2.45, 2.75) is 103 Å². The summed E-state index contributed by atoms with van der Waals surface area (Å²) < 4.78 is 12.9. The fourth-order valence-corrected chi connectivity index (χ4v) is 16.4. The van der Waals surface area contributed by atoms with Crippen LogP contribution < -0.4 is 0 Å². The maximum Gasteiger partial charge on any atom is 0.311 e. The third kappa shape index (κ3) is 14.2. The first-order valence-electron chi connectivity index (χ1n) is 9.17. The fourth-order valence-electron chi connectivity index (χ4n) is 3.09. The lowest BCUT2D eigenvalue weighted by atomic mass is 10.1. The third-order valence-corrected chi connectivity index (χ3v) is 13.8. The Labute approximate surface area is 143 Å². The Bertz CT molecular complexity index is 286. The van der Waals surface area contributed by atoms with Crippen molar-refractivity contribution in [2.75, 3.05) is 0 Å². The molecule has 0 saturated carbocycles. The van der Waals surface area contributed by atoms with Gasteiger partial charge >= 0.3 is 8.56 Å². The summed E-state index contributed by atoms with van der Waals surface area (Å²) in [5, 5.41) is 0. The topological polar surface area (TPSA) is 18.5 Å². The molecule has 0 fully saturated rings. The molecule has 0 aromatic carbocycles. The van der Waals surface area contributed by atoms with E-state index in [-0.39, 0.29) is 0 Å². The van der Waals surface area contributed by atoms with Gasteiger partial charge in [0.1, 0.15) is 0 Å². The highest BCUT2D eigenvalue weighted by Crippen LogP contribution is 2.24. The minimum absolute atomic E-state index is 1.09. The van der Waals surface area contributed by atoms with Gasteiger partial charge in [-0.2, -0.15) is 0 Å². The van der Waals surface area contributed by atoms with E-state index in [0.717, 1.165) is 6.42 Å². The largest absolute Gasteiger partial charge is 0.437 e. The van der Waals surface area contributed by atoms with Gasteiger partial charge in [0, 0.05) is 0 Å². The van der Waals surface area contributed by atoms with Crippen LogP contribution in [0.3, 0.4) is 0 Å². The summed E-state index contributed by atoms with van der Waals surface area (Å²) in [6, 6.07) is 1.28. The number of unbranched alkanes of at least 4 members (excludes halogenated alkanes) is 7. The second kappa shape index (κ2) is 10.4. The number of hydrogen-bond acceptors (Lipinski definition) is 2. The third-order valence-electron chi connectivity index (χ3n) is 3.60. The molecular weight excluding hydrogens is 320 g/mol. The summed E-state index contributed by atoms with van der Waals surface area (Å²) in [7, 11) is -5.01. The monoisotopic (exact) mass is 361 g/mol. The van der Waals surface area contributed by atoms with E-state index < -0.39 is 25.2 Å². The van der Waals surface area contributed by atoms with Gasteiger partial charge in [0.2, 0.25) is 0 Å². The van der Waals surface area contributed by atoms with Crippen LogP contribution in [0.4, 0.5) is 0 Å². The summed E-state index contributed by atoms with van der Waals surface area (Å²) in [6.45, 7) is 19.9. The quantitative estimate of drug-likeness (QED) is 0.268. The van der Waals surface area contributed by atoms with Crippen molar-refractivity contribution in [1.29, 1.82) is 0 Å². The van der Waals surface area contributed by atoms with Crippen molar-refractivity contribution in [1.82, 2.24) is 0 Å². The normalized spacial score (nSPS) is 13.6. The minimum atomic E-state index is -1.95. The molecule has 1 radical (unpaired) electrons. The van der Waals surface area contributed by atoms with Crippen molar-refractivity contribution in [3.63, 3.8) is 0 Å². The fraction of sp³-hybridized carbons (Fsp3) is 0.941. The molecule has 0 aliphatic heterocycles. The lowest BCUT2D eigenvalue weighted by molar-refractivity contribution is 0.390. The van der Waals surface area contributed by atoms with Crippen LogP contribution in [0, 0.1) is 6.92 Å². The van der Waals surface area contributed by atoms with Gasteiger partial charge in [-0.25, -0.2) is 0 Å². The summed E-state index contributed by atoms with van der Waals surface area (Å²) in [6.07, 6.45) is 10.6. The zero-order valence-corrected chi connectivity index (χ0v) is 19.4. The Hall–Kier alpha value is 0.571. The maximum atomic E-state index is 6.54. The van der Waals surface area contributed by atoms with Gasteiger partial charge in [-0.1, -0.05) is 58.3 Å². The average Bonchev–Trinajstić information content (AvgIpc) is 2.27. The molecule has 0 unspecified atom stereocenters. The first-order chi connectivity index (χ1) is 9.97. The molecule has 0 N–H and O–H groups in total. The van der Waals surface area contributed by atoms with E-state index in [1.165, 1.54) is 51.0 Å². The molecule has 0 rings (SSSR count). The molecule has 0 aliphatic carbocycles. The molecule has 133 valence electrons. The van der Waals surface area contributed by atoms with Crippen LogP contribution in [0.25, 0.3) is 0 Å². The second-order valence-corrected chi connectivity index (χ2v) is 21.2. The minimum Gasteiger partial charge on any atom is -0.437 e.